The molecule has 0 spiro atoms. The van der Waals surface area contributed by atoms with Crippen molar-refractivity contribution in [2.24, 2.45) is 0 Å². The molecule has 15 heavy (non-hydrogen) atoms. The molecule has 0 fully saturated rings. The molecule has 1 heterocycles. The van der Waals surface area contributed by atoms with E-state index in [9.17, 15) is 9.90 Å². The predicted molar refractivity (Wildman–Crippen MR) is 55.3 cm³/mol. The molecule has 2 aromatic rings. The van der Waals surface area contributed by atoms with E-state index in [-0.39, 0.29) is 5.69 Å². The second kappa shape index (κ2) is 3.70. The summed E-state index contributed by atoms with van der Waals surface area (Å²) in [4.78, 5) is 13.5. The van der Waals surface area contributed by atoms with Crippen LogP contribution >= 0.6 is 12.2 Å². The van der Waals surface area contributed by atoms with Gasteiger partial charge in [0, 0.05) is 11.9 Å². The van der Waals surface area contributed by atoms with Crippen LogP contribution in [0.4, 0.5) is 0 Å². The highest BCUT2D eigenvalue weighted by molar-refractivity contribution is 7.71. The van der Waals surface area contributed by atoms with Gasteiger partial charge in [-0.3, -0.25) is 4.57 Å². The minimum absolute atomic E-state index is 0.0196. The SMILES string of the molecule is O=C([O-])c1c[nH]c(=S)n1-c1ccccc1. The van der Waals surface area contributed by atoms with E-state index in [4.69, 9.17) is 12.2 Å². The number of aromatic carboxylic acids is 1. The Morgan fingerprint density at radius 1 is 1.33 bits per heavy atom. The maximum absolute atomic E-state index is 10.8. The third-order valence-corrected chi connectivity index (χ3v) is 2.30. The monoisotopic (exact) mass is 219 g/mol. The van der Waals surface area contributed by atoms with Crippen molar-refractivity contribution in [2.75, 3.05) is 0 Å². The fourth-order valence-electron chi connectivity index (χ4n) is 1.35. The molecule has 76 valence electrons. The van der Waals surface area contributed by atoms with Crippen LogP contribution < -0.4 is 5.11 Å². The van der Waals surface area contributed by atoms with Gasteiger partial charge in [0.1, 0.15) is 0 Å². The Balaban J connectivity index is 2.67. The summed E-state index contributed by atoms with van der Waals surface area (Å²) in [7, 11) is 0. The Kier molecular flexibility index (Phi) is 2.39. The Labute approximate surface area is 90.8 Å². The summed E-state index contributed by atoms with van der Waals surface area (Å²) in [5.41, 5.74) is 0.717. The number of hydrogen-bond donors (Lipinski definition) is 1. The standard InChI is InChI=1S/C10H8N2O2S/c13-9(14)8-6-11-10(15)12(8)7-4-2-1-3-5-7/h1-6H,(H,11,15)(H,13,14)/p-1. The van der Waals surface area contributed by atoms with E-state index in [1.807, 2.05) is 18.2 Å². The first-order chi connectivity index (χ1) is 7.20. The van der Waals surface area contributed by atoms with E-state index >= 15 is 0 Å². The van der Waals surface area contributed by atoms with Gasteiger partial charge in [-0.05, 0) is 24.4 Å². The Bertz CT molecular complexity index is 542. The number of rotatable bonds is 2. The Morgan fingerprint density at radius 3 is 2.60 bits per heavy atom. The molecule has 1 aromatic heterocycles. The van der Waals surface area contributed by atoms with E-state index in [2.05, 4.69) is 4.98 Å². The van der Waals surface area contributed by atoms with E-state index in [0.717, 1.165) is 0 Å². The zero-order valence-corrected chi connectivity index (χ0v) is 8.45. The maximum Gasteiger partial charge on any atom is 0.182 e. The molecule has 0 saturated heterocycles. The number of aromatic nitrogens is 2. The second-order valence-corrected chi connectivity index (χ2v) is 3.32. The number of carboxylic acids is 1. The molecule has 0 saturated carbocycles. The van der Waals surface area contributed by atoms with Crippen molar-refractivity contribution in [3.8, 4) is 5.69 Å². The van der Waals surface area contributed by atoms with Crippen LogP contribution in [0.2, 0.25) is 0 Å². The van der Waals surface area contributed by atoms with Gasteiger partial charge in [0.25, 0.3) is 0 Å². The summed E-state index contributed by atoms with van der Waals surface area (Å²) in [6, 6.07) is 9.01. The van der Waals surface area contributed by atoms with Crippen LogP contribution in [0.25, 0.3) is 5.69 Å². The van der Waals surface area contributed by atoms with Gasteiger partial charge >= 0.3 is 0 Å². The lowest BCUT2D eigenvalue weighted by molar-refractivity contribution is -0.255. The van der Waals surface area contributed by atoms with Crippen molar-refractivity contribution < 1.29 is 9.90 Å². The Hall–Kier alpha value is -1.88. The zero-order chi connectivity index (χ0) is 10.8. The van der Waals surface area contributed by atoms with Gasteiger partial charge in [0.2, 0.25) is 0 Å². The molecule has 0 aliphatic heterocycles. The van der Waals surface area contributed by atoms with Gasteiger partial charge in [0.05, 0.1) is 11.7 Å². The number of imidazole rings is 1. The second-order valence-electron chi connectivity index (χ2n) is 2.94. The quantitative estimate of drug-likeness (QED) is 0.763. The number of benzene rings is 1. The lowest BCUT2D eigenvalue weighted by Crippen LogP contribution is -2.25. The Morgan fingerprint density at radius 2 is 2.00 bits per heavy atom. The van der Waals surface area contributed by atoms with Crippen molar-refractivity contribution in [3.63, 3.8) is 0 Å². The van der Waals surface area contributed by atoms with E-state index < -0.39 is 5.97 Å². The topological polar surface area (TPSA) is 60.8 Å². The number of nitrogens with one attached hydrogen (secondary N) is 1. The van der Waals surface area contributed by atoms with Crippen molar-refractivity contribution in [2.45, 2.75) is 0 Å². The van der Waals surface area contributed by atoms with Gasteiger partial charge < -0.3 is 14.9 Å². The lowest BCUT2D eigenvalue weighted by atomic mass is 10.3. The maximum atomic E-state index is 10.8. The third-order valence-electron chi connectivity index (χ3n) is 2.00. The van der Waals surface area contributed by atoms with Crippen LogP contribution in [0, 0.1) is 4.77 Å². The van der Waals surface area contributed by atoms with Crippen LogP contribution in [0.15, 0.2) is 36.5 Å². The molecule has 0 radical (unpaired) electrons. The molecule has 1 aromatic carbocycles. The van der Waals surface area contributed by atoms with Crippen LogP contribution in [-0.4, -0.2) is 15.5 Å². The molecular weight excluding hydrogens is 212 g/mol. The molecule has 0 unspecified atom stereocenters. The van der Waals surface area contributed by atoms with Gasteiger partial charge in [-0.15, -0.1) is 0 Å². The normalized spacial score (nSPS) is 10.1. The highest BCUT2D eigenvalue weighted by Gasteiger charge is 2.05. The molecular formula is C10H7N2O2S-. The van der Waals surface area contributed by atoms with Crippen LogP contribution in [0.1, 0.15) is 10.5 Å². The average Bonchev–Trinajstić information content (AvgIpc) is 2.61. The summed E-state index contributed by atoms with van der Waals surface area (Å²) in [6.07, 6.45) is 1.32. The lowest BCUT2D eigenvalue weighted by Gasteiger charge is -2.08. The van der Waals surface area contributed by atoms with Crippen molar-refractivity contribution in [1.82, 2.24) is 9.55 Å². The predicted octanol–water partition coefficient (Wildman–Crippen LogP) is 0.898. The van der Waals surface area contributed by atoms with Crippen LogP contribution in [0.3, 0.4) is 0 Å². The van der Waals surface area contributed by atoms with Crippen LogP contribution in [0.5, 0.6) is 0 Å². The highest BCUT2D eigenvalue weighted by Crippen LogP contribution is 2.11. The van der Waals surface area contributed by atoms with E-state index in [0.29, 0.717) is 10.5 Å². The first kappa shape index (κ1) is 9.67. The molecule has 0 aliphatic carbocycles. The minimum atomic E-state index is -1.26. The van der Waals surface area contributed by atoms with Crippen molar-refractivity contribution in [1.29, 1.82) is 0 Å². The van der Waals surface area contributed by atoms with Crippen LogP contribution in [-0.2, 0) is 0 Å². The smallest absolute Gasteiger partial charge is 0.182 e. The number of carbonyl (C=O) groups excluding carboxylic acids is 1. The van der Waals surface area contributed by atoms with Gasteiger partial charge in [-0.2, -0.15) is 0 Å². The summed E-state index contributed by atoms with van der Waals surface area (Å²) < 4.78 is 1.76. The summed E-state index contributed by atoms with van der Waals surface area (Å²) >= 11 is 4.99. The fraction of sp³-hybridized carbons (Fsp3) is 0. The number of carbonyl (C=O) groups is 1. The van der Waals surface area contributed by atoms with E-state index in [1.54, 1.807) is 12.1 Å². The first-order valence-corrected chi connectivity index (χ1v) is 4.68. The number of aromatic amines is 1. The van der Waals surface area contributed by atoms with Gasteiger partial charge in [-0.25, -0.2) is 0 Å². The average molecular weight is 219 g/mol. The fourth-order valence-corrected chi connectivity index (χ4v) is 1.61. The molecule has 0 aliphatic rings. The molecule has 5 heteroatoms. The number of H-pyrrole nitrogens is 1. The van der Waals surface area contributed by atoms with Gasteiger partial charge in [-0.1, -0.05) is 18.2 Å². The number of hydrogen-bond acceptors (Lipinski definition) is 3. The van der Waals surface area contributed by atoms with E-state index in [1.165, 1.54) is 10.8 Å². The number of carboxylic acid groups (broad SMARTS) is 1. The molecule has 0 atom stereocenters. The van der Waals surface area contributed by atoms with Gasteiger partial charge in [0.15, 0.2) is 4.77 Å². The zero-order valence-electron chi connectivity index (χ0n) is 7.64. The largest absolute Gasteiger partial charge is 0.543 e. The summed E-state index contributed by atoms with van der Waals surface area (Å²) in [5.74, 6) is -1.26. The molecule has 1 N–H and O–H groups in total. The minimum Gasteiger partial charge on any atom is -0.543 e. The molecule has 2 rings (SSSR count). The first-order valence-electron chi connectivity index (χ1n) is 4.27. The number of nitrogens with zero attached hydrogens (tertiary/aromatic N) is 1. The highest BCUT2D eigenvalue weighted by atomic mass is 32.1. The summed E-state index contributed by atoms with van der Waals surface area (Å²) in [6.45, 7) is 0. The molecule has 0 amide bonds. The van der Waals surface area contributed by atoms with Crippen molar-refractivity contribution >= 4 is 18.2 Å². The summed E-state index contributed by atoms with van der Waals surface area (Å²) in [5, 5.41) is 10.8. The third kappa shape index (κ3) is 1.69. The van der Waals surface area contributed by atoms with Crippen molar-refractivity contribution in [3.05, 3.63) is 47.0 Å². The number of para-hydroxylation sites is 1. The molecule has 4 nitrogen and oxygen atoms in total. The molecule has 0 bridgehead atoms.